The van der Waals surface area contributed by atoms with E-state index in [1.807, 2.05) is 0 Å². The van der Waals surface area contributed by atoms with Crippen LogP contribution in [0.1, 0.15) is 5.56 Å². The molecule has 0 saturated heterocycles. The molecule has 0 N–H and O–H groups in total. The van der Waals surface area contributed by atoms with E-state index in [1.165, 1.54) is 5.19 Å². The highest BCUT2D eigenvalue weighted by molar-refractivity contribution is 6.88. The highest BCUT2D eigenvalue weighted by Gasteiger charge is 2.15. The fourth-order valence-corrected chi connectivity index (χ4v) is 3.64. The maximum Gasteiger partial charge on any atom is 0.139 e. The van der Waals surface area contributed by atoms with Gasteiger partial charge in [0.05, 0.1) is 23.1 Å². The van der Waals surface area contributed by atoms with Crippen LogP contribution in [-0.4, -0.2) is 8.07 Å². The second-order valence-electron chi connectivity index (χ2n) is 5.93. The molecule has 0 aromatic heterocycles. The van der Waals surface area contributed by atoms with Crippen molar-refractivity contribution in [2.75, 3.05) is 0 Å². The number of halogens is 3. The molecule has 2 aromatic carbocycles. The second-order valence-corrected chi connectivity index (χ2v) is 12.2. The molecule has 0 amide bonds. The van der Waals surface area contributed by atoms with Gasteiger partial charge in [-0.2, -0.15) is 0 Å². The van der Waals surface area contributed by atoms with Crippen molar-refractivity contribution in [1.29, 1.82) is 0 Å². The third-order valence-corrected chi connectivity index (χ3v) is 6.27. The predicted molar refractivity (Wildman–Crippen MR) is 95.2 cm³/mol. The summed E-state index contributed by atoms with van der Waals surface area (Å²) in [5.74, 6) is 0.542. The number of hydrogen-bond donors (Lipinski definition) is 0. The van der Waals surface area contributed by atoms with Crippen molar-refractivity contribution in [2.45, 2.75) is 26.2 Å². The van der Waals surface area contributed by atoms with Crippen LogP contribution in [0.3, 0.4) is 0 Å². The van der Waals surface area contributed by atoms with Gasteiger partial charge in [0, 0.05) is 6.07 Å². The van der Waals surface area contributed by atoms with Crippen molar-refractivity contribution < 1.29 is 4.74 Å². The average molecular weight is 360 g/mol. The van der Waals surface area contributed by atoms with Crippen molar-refractivity contribution >= 4 is 48.1 Å². The lowest BCUT2D eigenvalue weighted by molar-refractivity contribution is 0.306. The fourth-order valence-electron chi connectivity index (χ4n) is 1.88. The smallest absolute Gasteiger partial charge is 0.139 e. The lowest BCUT2D eigenvalue weighted by Crippen LogP contribution is -2.37. The van der Waals surface area contributed by atoms with E-state index >= 15 is 0 Å². The Morgan fingerprint density at radius 2 is 1.43 bits per heavy atom. The summed E-state index contributed by atoms with van der Waals surface area (Å²) in [6.07, 6.45) is 0. The SMILES string of the molecule is C[Si](C)(C)c1ccc(COc2cc(Cl)c(Cl)cc2Cl)cc1. The summed E-state index contributed by atoms with van der Waals surface area (Å²) in [4.78, 5) is 0. The number of rotatable bonds is 4. The van der Waals surface area contributed by atoms with Gasteiger partial charge in [-0.1, -0.05) is 83.9 Å². The molecule has 0 atom stereocenters. The van der Waals surface area contributed by atoms with E-state index < -0.39 is 8.07 Å². The molecule has 0 unspecified atom stereocenters. The third-order valence-electron chi connectivity index (χ3n) is 3.19. The normalized spacial score (nSPS) is 11.5. The Hall–Kier alpha value is -0.673. The van der Waals surface area contributed by atoms with Crippen LogP contribution in [0.25, 0.3) is 0 Å². The molecule has 5 heteroatoms. The molecular weight excluding hydrogens is 343 g/mol. The standard InChI is InChI=1S/C16H17Cl3OSi/c1-21(2,3)12-6-4-11(5-7-12)10-20-16-9-14(18)13(17)8-15(16)19/h4-9H,10H2,1-3H3. The highest BCUT2D eigenvalue weighted by Crippen LogP contribution is 2.34. The van der Waals surface area contributed by atoms with E-state index in [-0.39, 0.29) is 0 Å². The first kappa shape index (κ1) is 16.7. The highest BCUT2D eigenvalue weighted by atomic mass is 35.5. The topological polar surface area (TPSA) is 9.23 Å². The van der Waals surface area contributed by atoms with Gasteiger partial charge in [0.15, 0.2) is 0 Å². The molecule has 0 heterocycles. The van der Waals surface area contributed by atoms with Crippen molar-refractivity contribution in [1.82, 2.24) is 0 Å². The molecule has 2 aromatic rings. The Labute approximate surface area is 141 Å². The van der Waals surface area contributed by atoms with Crippen LogP contribution in [0.15, 0.2) is 36.4 Å². The van der Waals surface area contributed by atoms with Crippen molar-refractivity contribution in [3.63, 3.8) is 0 Å². The summed E-state index contributed by atoms with van der Waals surface area (Å²) < 4.78 is 5.72. The van der Waals surface area contributed by atoms with E-state index in [9.17, 15) is 0 Å². The summed E-state index contributed by atoms with van der Waals surface area (Å²) in [5.41, 5.74) is 1.10. The number of hydrogen-bond acceptors (Lipinski definition) is 1. The molecule has 0 aliphatic heterocycles. The Kier molecular flexibility index (Phi) is 5.26. The zero-order valence-corrected chi connectivity index (χ0v) is 15.5. The van der Waals surface area contributed by atoms with Gasteiger partial charge >= 0.3 is 0 Å². The van der Waals surface area contributed by atoms with Crippen LogP contribution >= 0.6 is 34.8 Å². The summed E-state index contributed by atoms with van der Waals surface area (Å²) >= 11 is 18.0. The first-order valence-electron chi connectivity index (χ1n) is 6.64. The minimum Gasteiger partial charge on any atom is -0.487 e. The van der Waals surface area contributed by atoms with Crippen molar-refractivity contribution in [2.24, 2.45) is 0 Å². The van der Waals surface area contributed by atoms with Gasteiger partial charge in [0.25, 0.3) is 0 Å². The summed E-state index contributed by atoms with van der Waals surface area (Å²) in [7, 11) is -1.26. The van der Waals surface area contributed by atoms with Crippen LogP contribution in [0.4, 0.5) is 0 Å². The Bertz CT molecular complexity index is 633. The monoisotopic (exact) mass is 358 g/mol. The summed E-state index contributed by atoms with van der Waals surface area (Å²) in [5, 5.41) is 2.75. The molecule has 0 spiro atoms. The van der Waals surface area contributed by atoms with Gasteiger partial charge in [0.2, 0.25) is 0 Å². The molecule has 2 rings (SSSR count). The molecule has 1 nitrogen and oxygen atoms in total. The molecule has 0 bridgehead atoms. The zero-order chi connectivity index (χ0) is 15.6. The Morgan fingerprint density at radius 1 is 0.857 bits per heavy atom. The van der Waals surface area contributed by atoms with Crippen molar-refractivity contribution in [3.05, 3.63) is 57.0 Å². The minimum atomic E-state index is -1.26. The maximum atomic E-state index is 6.09. The van der Waals surface area contributed by atoms with Crippen molar-refractivity contribution in [3.8, 4) is 5.75 Å². The van der Waals surface area contributed by atoms with Crippen LogP contribution in [0, 0.1) is 0 Å². The van der Waals surface area contributed by atoms with E-state index in [2.05, 4.69) is 43.9 Å². The van der Waals surface area contributed by atoms with Crippen LogP contribution in [-0.2, 0) is 6.61 Å². The van der Waals surface area contributed by atoms with Crippen LogP contribution in [0.2, 0.25) is 34.7 Å². The predicted octanol–water partition coefficient (Wildman–Crippen LogP) is 5.77. The number of benzene rings is 2. The molecular formula is C16H17Cl3OSi. The van der Waals surface area contributed by atoms with E-state index in [4.69, 9.17) is 39.5 Å². The molecule has 0 aliphatic carbocycles. The van der Waals surface area contributed by atoms with E-state index in [0.717, 1.165) is 5.56 Å². The molecule has 0 aliphatic rings. The zero-order valence-electron chi connectivity index (χ0n) is 12.2. The Morgan fingerprint density at radius 3 is 2.00 bits per heavy atom. The number of ether oxygens (including phenoxy) is 1. The minimum absolute atomic E-state index is 0.425. The lowest BCUT2D eigenvalue weighted by atomic mass is 10.2. The second kappa shape index (κ2) is 6.61. The van der Waals surface area contributed by atoms with E-state index in [0.29, 0.717) is 27.4 Å². The van der Waals surface area contributed by atoms with Crippen LogP contribution in [0.5, 0.6) is 5.75 Å². The third kappa shape index (κ3) is 4.40. The maximum absolute atomic E-state index is 6.09. The fraction of sp³-hybridized carbons (Fsp3) is 0.250. The molecule has 0 radical (unpaired) electrons. The summed E-state index contributed by atoms with van der Waals surface area (Å²) in [6, 6.07) is 11.8. The van der Waals surface area contributed by atoms with Gasteiger partial charge in [0.1, 0.15) is 12.4 Å². The van der Waals surface area contributed by atoms with Gasteiger partial charge in [-0.25, -0.2) is 0 Å². The molecule has 0 saturated carbocycles. The van der Waals surface area contributed by atoms with Gasteiger partial charge in [-0.15, -0.1) is 0 Å². The quantitative estimate of drug-likeness (QED) is 0.497. The molecule has 0 fully saturated rings. The first-order chi connectivity index (χ1) is 9.77. The largest absolute Gasteiger partial charge is 0.487 e. The Balaban J connectivity index is 2.08. The van der Waals surface area contributed by atoms with Gasteiger partial charge in [-0.05, 0) is 11.6 Å². The summed E-state index contributed by atoms with van der Waals surface area (Å²) in [6.45, 7) is 7.43. The van der Waals surface area contributed by atoms with Gasteiger partial charge < -0.3 is 4.74 Å². The van der Waals surface area contributed by atoms with E-state index in [1.54, 1.807) is 12.1 Å². The lowest BCUT2D eigenvalue weighted by Gasteiger charge is -2.17. The average Bonchev–Trinajstić information content (AvgIpc) is 2.41. The first-order valence-corrected chi connectivity index (χ1v) is 11.3. The van der Waals surface area contributed by atoms with Gasteiger partial charge in [-0.3, -0.25) is 0 Å². The molecule has 112 valence electrons. The van der Waals surface area contributed by atoms with Crippen LogP contribution < -0.4 is 9.92 Å². The molecule has 21 heavy (non-hydrogen) atoms.